The van der Waals surface area contributed by atoms with Crippen LogP contribution < -0.4 is 20.1 Å². The summed E-state index contributed by atoms with van der Waals surface area (Å²) < 4.78 is 12.5. The Bertz CT molecular complexity index is 690. The third-order valence-corrected chi connectivity index (χ3v) is 3.82. The molecule has 0 unspecified atom stereocenters. The molecular formula is C18H26N4O3. The minimum absolute atomic E-state index is 0.293. The van der Waals surface area contributed by atoms with E-state index in [-0.39, 0.29) is 6.03 Å². The van der Waals surface area contributed by atoms with Crippen molar-refractivity contribution in [3.8, 4) is 11.5 Å². The molecule has 0 aliphatic heterocycles. The highest BCUT2D eigenvalue weighted by Gasteiger charge is 2.13. The maximum atomic E-state index is 12.3. The van der Waals surface area contributed by atoms with Crippen molar-refractivity contribution in [1.82, 2.24) is 15.1 Å². The first-order valence-electron chi connectivity index (χ1n) is 8.38. The molecule has 0 radical (unpaired) electrons. The van der Waals surface area contributed by atoms with Crippen LogP contribution in [0.15, 0.2) is 24.3 Å². The fourth-order valence-corrected chi connectivity index (χ4v) is 2.56. The molecule has 1 aromatic carbocycles. The number of urea groups is 1. The van der Waals surface area contributed by atoms with Crippen LogP contribution >= 0.6 is 0 Å². The second-order valence-electron chi connectivity index (χ2n) is 5.70. The number of carbonyl (C=O) groups excluding carboxylic acids is 1. The van der Waals surface area contributed by atoms with Crippen LogP contribution in [0.2, 0.25) is 0 Å². The van der Waals surface area contributed by atoms with Gasteiger partial charge in [-0.3, -0.25) is 5.32 Å². The van der Waals surface area contributed by atoms with E-state index in [1.54, 1.807) is 14.2 Å². The SMILES string of the molecule is CCCCn1nc(C)cc1NC(=O)NCc1c(OC)cccc1OC. The lowest BCUT2D eigenvalue weighted by Gasteiger charge is -2.14. The van der Waals surface area contributed by atoms with Gasteiger partial charge in [0.25, 0.3) is 0 Å². The molecule has 1 heterocycles. The highest BCUT2D eigenvalue weighted by atomic mass is 16.5. The Morgan fingerprint density at radius 3 is 2.52 bits per heavy atom. The Morgan fingerprint density at radius 2 is 1.92 bits per heavy atom. The molecule has 7 nitrogen and oxygen atoms in total. The summed E-state index contributed by atoms with van der Waals surface area (Å²) in [5.74, 6) is 2.03. The molecular weight excluding hydrogens is 320 g/mol. The largest absolute Gasteiger partial charge is 0.496 e. The fraction of sp³-hybridized carbons (Fsp3) is 0.444. The molecule has 0 aliphatic rings. The molecule has 0 bridgehead atoms. The van der Waals surface area contributed by atoms with Crippen molar-refractivity contribution < 1.29 is 14.3 Å². The Labute approximate surface area is 148 Å². The molecule has 2 N–H and O–H groups in total. The summed E-state index contributed by atoms with van der Waals surface area (Å²) in [6.07, 6.45) is 2.08. The zero-order valence-corrected chi connectivity index (χ0v) is 15.3. The first-order valence-corrected chi connectivity index (χ1v) is 8.38. The van der Waals surface area contributed by atoms with Gasteiger partial charge in [0.05, 0.1) is 32.0 Å². The molecule has 0 saturated carbocycles. The number of unbranched alkanes of at least 4 members (excludes halogenated alkanes) is 1. The van der Waals surface area contributed by atoms with Crippen LogP contribution in [0.3, 0.4) is 0 Å². The van der Waals surface area contributed by atoms with Crippen LogP contribution in [0.25, 0.3) is 0 Å². The van der Waals surface area contributed by atoms with E-state index >= 15 is 0 Å². The summed E-state index contributed by atoms with van der Waals surface area (Å²) in [6, 6.07) is 7.07. The number of aromatic nitrogens is 2. The molecule has 0 aliphatic carbocycles. The van der Waals surface area contributed by atoms with Crippen LogP contribution in [-0.4, -0.2) is 30.0 Å². The summed E-state index contributed by atoms with van der Waals surface area (Å²) in [6.45, 7) is 5.10. The smallest absolute Gasteiger partial charge is 0.320 e. The van der Waals surface area contributed by atoms with Crippen LogP contribution in [0, 0.1) is 6.92 Å². The lowest BCUT2D eigenvalue weighted by molar-refractivity contribution is 0.251. The van der Waals surface area contributed by atoms with Crippen molar-refractivity contribution in [2.45, 2.75) is 39.8 Å². The highest BCUT2D eigenvalue weighted by molar-refractivity contribution is 5.88. The number of nitrogens with zero attached hydrogens (tertiary/aromatic N) is 2. The molecule has 2 amide bonds. The van der Waals surface area contributed by atoms with E-state index < -0.39 is 0 Å². The number of amides is 2. The van der Waals surface area contributed by atoms with Crippen molar-refractivity contribution >= 4 is 11.8 Å². The number of anilines is 1. The predicted octanol–water partition coefficient (Wildman–Crippen LogP) is 3.33. The number of aryl methyl sites for hydroxylation is 2. The molecule has 1 aromatic heterocycles. The van der Waals surface area contributed by atoms with E-state index in [4.69, 9.17) is 9.47 Å². The maximum Gasteiger partial charge on any atom is 0.320 e. The minimum atomic E-state index is -0.300. The number of ether oxygens (including phenoxy) is 2. The van der Waals surface area contributed by atoms with Gasteiger partial charge in [-0.1, -0.05) is 19.4 Å². The summed E-state index contributed by atoms with van der Waals surface area (Å²) in [4.78, 5) is 12.3. The third kappa shape index (κ3) is 4.89. The third-order valence-electron chi connectivity index (χ3n) is 3.82. The molecule has 2 rings (SSSR count). The van der Waals surface area contributed by atoms with Crippen molar-refractivity contribution in [2.75, 3.05) is 19.5 Å². The van der Waals surface area contributed by atoms with Crippen LogP contribution in [0.4, 0.5) is 10.6 Å². The van der Waals surface area contributed by atoms with Gasteiger partial charge in [-0.05, 0) is 25.5 Å². The summed E-state index contributed by atoms with van der Waals surface area (Å²) >= 11 is 0. The van der Waals surface area contributed by atoms with Crippen LogP contribution in [0.1, 0.15) is 31.0 Å². The van der Waals surface area contributed by atoms with Crippen LogP contribution in [-0.2, 0) is 13.1 Å². The zero-order valence-electron chi connectivity index (χ0n) is 15.3. The topological polar surface area (TPSA) is 77.4 Å². The monoisotopic (exact) mass is 346 g/mol. The normalized spacial score (nSPS) is 10.4. The van der Waals surface area contributed by atoms with Gasteiger partial charge < -0.3 is 14.8 Å². The quantitative estimate of drug-likeness (QED) is 0.768. The van der Waals surface area contributed by atoms with Gasteiger partial charge in [0.1, 0.15) is 17.3 Å². The lowest BCUT2D eigenvalue weighted by atomic mass is 10.1. The summed E-state index contributed by atoms with van der Waals surface area (Å²) in [7, 11) is 3.18. The van der Waals surface area contributed by atoms with E-state index in [2.05, 4.69) is 22.7 Å². The average Bonchev–Trinajstić information content (AvgIpc) is 2.96. The molecule has 0 atom stereocenters. The molecule has 0 fully saturated rings. The van der Waals surface area contributed by atoms with E-state index in [1.165, 1.54) is 0 Å². The average molecular weight is 346 g/mol. The Balaban J connectivity index is 2.02. The van der Waals surface area contributed by atoms with Gasteiger partial charge in [-0.15, -0.1) is 0 Å². The van der Waals surface area contributed by atoms with E-state index in [0.29, 0.717) is 23.9 Å². The maximum absolute atomic E-state index is 12.3. The first kappa shape index (κ1) is 18.6. The van der Waals surface area contributed by atoms with E-state index in [0.717, 1.165) is 30.6 Å². The minimum Gasteiger partial charge on any atom is -0.496 e. The second kappa shape index (κ2) is 8.96. The lowest BCUT2D eigenvalue weighted by Crippen LogP contribution is -2.29. The van der Waals surface area contributed by atoms with Crippen molar-refractivity contribution in [3.05, 3.63) is 35.5 Å². The number of benzene rings is 1. The standard InChI is InChI=1S/C18H26N4O3/c1-5-6-10-22-17(11-13(2)21-22)20-18(23)19-12-14-15(24-3)8-7-9-16(14)25-4/h7-9,11H,5-6,10,12H2,1-4H3,(H2,19,20,23). The molecule has 0 spiro atoms. The van der Waals surface area contributed by atoms with Gasteiger partial charge in [0, 0.05) is 12.6 Å². The molecule has 7 heteroatoms. The van der Waals surface area contributed by atoms with Gasteiger partial charge in [-0.25, -0.2) is 9.48 Å². The molecule has 0 saturated heterocycles. The summed E-state index contributed by atoms with van der Waals surface area (Å²) in [5, 5.41) is 10.1. The predicted molar refractivity (Wildman–Crippen MR) is 97.3 cm³/mol. The Kier molecular flexibility index (Phi) is 6.68. The number of rotatable bonds is 8. The Hall–Kier alpha value is -2.70. The van der Waals surface area contributed by atoms with Crippen molar-refractivity contribution in [1.29, 1.82) is 0 Å². The van der Waals surface area contributed by atoms with Crippen LogP contribution in [0.5, 0.6) is 11.5 Å². The van der Waals surface area contributed by atoms with Gasteiger partial charge in [0.15, 0.2) is 0 Å². The van der Waals surface area contributed by atoms with Crippen molar-refractivity contribution in [3.63, 3.8) is 0 Å². The molecule has 136 valence electrons. The Morgan fingerprint density at radius 1 is 1.24 bits per heavy atom. The number of carbonyl (C=O) groups is 1. The van der Waals surface area contributed by atoms with Gasteiger partial charge >= 0.3 is 6.03 Å². The number of hydrogen-bond acceptors (Lipinski definition) is 4. The second-order valence-corrected chi connectivity index (χ2v) is 5.70. The molecule has 2 aromatic rings. The first-order chi connectivity index (χ1) is 12.1. The van der Waals surface area contributed by atoms with E-state index in [9.17, 15) is 4.79 Å². The van der Waals surface area contributed by atoms with E-state index in [1.807, 2.05) is 35.9 Å². The van der Waals surface area contributed by atoms with Crippen molar-refractivity contribution in [2.24, 2.45) is 0 Å². The zero-order chi connectivity index (χ0) is 18.2. The number of nitrogens with one attached hydrogen (secondary N) is 2. The number of methoxy groups -OCH3 is 2. The van der Waals surface area contributed by atoms with Gasteiger partial charge in [0.2, 0.25) is 0 Å². The fourth-order valence-electron chi connectivity index (χ4n) is 2.56. The molecule has 25 heavy (non-hydrogen) atoms. The van der Waals surface area contributed by atoms with Gasteiger partial charge in [-0.2, -0.15) is 5.10 Å². The highest BCUT2D eigenvalue weighted by Crippen LogP contribution is 2.27. The summed E-state index contributed by atoms with van der Waals surface area (Å²) in [5.41, 5.74) is 1.66. The number of hydrogen-bond donors (Lipinski definition) is 2.